The van der Waals surface area contributed by atoms with Crippen molar-refractivity contribution in [2.24, 2.45) is 0 Å². The summed E-state index contributed by atoms with van der Waals surface area (Å²) in [5, 5.41) is 28.4. The van der Waals surface area contributed by atoms with Crippen LogP contribution >= 0.6 is 0 Å². The monoisotopic (exact) mass is 187 g/mol. The number of hydrogen-bond acceptors (Lipinski definition) is 4. The van der Waals surface area contributed by atoms with Gasteiger partial charge in [0.2, 0.25) is 0 Å². The molecule has 0 aromatic carbocycles. The summed E-state index contributed by atoms with van der Waals surface area (Å²) in [7, 11) is 0. The molecule has 5 atom stereocenters. The summed E-state index contributed by atoms with van der Waals surface area (Å²) in [5.74, 6) is 0. The van der Waals surface area contributed by atoms with Crippen molar-refractivity contribution in [3.8, 4) is 0 Å². The van der Waals surface area contributed by atoms with Crippen molar-refractivity contribution in [2.45, 2.75) is 50.1 Å². The molecule has 4 nitrogen and oxygen atoms in total. The number of fused-ring (bicyclic) bond motifs is 1. The molecule has 0 spiro atoms. The Morgan fingerprint density at radius 1 is 1.23 bits per heavy atom. The predicted octanol–water partition coefficient (Wildman–Crippen LogP) is -1.06. The van der Waals surface area contributed by atoms with Gasteiger partial charge in [0.1, 0.15) is 0 Å². The van der Waals surface area contributed by atoms with Crippen LogP contribution in [-0.2, 0) is 0 Å². The van der Waals surface area contributed by atoms with Crippen LogP contribution in [0.1, 0.15) is 19.8 Å². The molecule has 2 heterocycles. The van der Waals surface area contributed by atoms with Crippen LogP contribution in [0.5, 0.6) is 0 Å². The van der Waals surface area contributed by atoms with Crippen LogP contribution in [0, 0.1) is 0 Å². The van der Waals surface area contributed by atoms with Gasteiger partial charge in [0.25, 0.3) is 0 Å². The van der Waals surface area contributed by atoms with E-state index in [0.717, 1.165) is 12.8 Å². The molecule has 1 unspecified atom stereocenters. The predicted molar refractivity (Wildman–Crippen MR) is 47.2 cm³/mol. The standard InChI is InChI=1S/C9H17NO3/c1-5-2-3-6-8(12)9(13)7(4-11)10(5)6/h5-9,11-13H,2-4H2,1H3/t5-,6?,7-,8+,9-/m1/s1. The van der Waals surface area contributed by atoms with Gasteiger partial charge in [-0.25, -0.2) is 0 Å². The first kappa shape index (κ1) is 9.40. The zero-order valence-corrected chi connectivity index (χ0v) is 7.80. The highest BCUT2D eigenvalue weighted by atomic mass is 16.3. The molecule has 0 aromatic heterocycles. The van der Waals surface area contributed by atoms with Gasteiger partial charge in [-0.1, -0.05) is 0 Å². The Bertz CT molecular complexity index is 197. The van der Waals surface area contributed by atoms with Crippen LogP contribution in [0.2, 0.25) is 0 Å². The maximum atomic E-state index is 9.68. The van der Waals surface area contributed by atoms with E-state index in [1.165, 1.54) is 0 Å². The SMILES string of the molecule is C[C@@H]1CCC2[C@H](O)[C@H](O)[C@@H](CO)N21. The quantitative estimate of drug-likeness (QED) is 0.489. The Kier molecular flexibility index (Phi) is 2.32. The Morgan fingerprint density at radius 3 is 2.54 bits per heavy atom. The summed E-state index contributed by atoms with van der Waals surface area (Å²) < 4.78 is 0. The molecule has 2 rings (SSSR count). The van der Waals surface area contributed by atoms with E-state index in [1.807, 2.05) is 0 Å². The molecule has 2 fully saturated rings. The highest BCUT2D eigenvalue weighted by Crippen LogP contribution is 2.36. The molecule has 0 saturated carbocycles. The molecule has 0 aliphatic carbocycles. The van der Waals surface area contributed by atoms with E-state index >= 15 is 0 Å². The number of hydrogen-bond donors (Lipinski definition) is 3. The lowest BCUT2D eigenvalue weighted by atomic mass is 10.0. The molecule has 2 saturated heterocycles. The molecule has 0 aromatic rings. The maximum Gasteiger partial charge on any atom is 0.0991 e. The highest BCUT2D eigenvalue weighted by molar-refractivity contribution is 5.05. The largest absolute Gasteiger partial charge is 0.395 e. The molecule has 2 aliphatic rings. The second kappa shape index (κ2) is 3.20. The fraction of sp³-hybridized carbons (Fsp3) is 1.00. The van der Waals surface area contributed by atoms with E-state index in [0.29, 0.717) is 6.04 Å². The zero-order chi connectivity index (χ0) is 9.59. The molecule has 13 heavy (non-hydrogen) atoms. The van der Waals surface area contributed by atoms with Gasteiger partial charge >= 0.3 is 0 Å². The van der Waals surface area contributed by atoms with E-state index in [2.05, 4.69) is 11.8 Å². The van der Waals surface area contributed by atoms with E-state index in [9.17, 15) is 10.2 Å². The minimum atomic E-state index is -0.780. The van der Waals surface area contributed by atoms with Gasteiger partial charge in [0, 0.05) is 12.1 Å². The summed E-state index contributed by atoms with van der Waals surface area (Å²) in [6.07, 6.45) is 0.515. The first-order chi connectivity index (χ1) is 6.16. The minimum absolute atomic E-state index is 0.0575. The van der Waals surface area contributed by atoms with Crippen molar-refractivity contribution in [1.82, 2.24) is 4.90 Å². The Morgan fingerprint density at radius 2 is 1.92 bits per heavy atom. The maximum absolute atomic E-state index is 9.68. The average molecular weight is 187 g/mol. The first-order valence-electron chi connectivity index (χ1n) is 4.91. The van der Waals surface area contributed by atoms with Gasteiger partial charge in [-0.05, 0) is 19.8 Å². The number of aliphatic hydroxyl groups excluding tert-OH is 3. The van der Waals surface area contributed by atoms with Gasteiger partial charge in [-0.3, -0.25) is 4.90 Å². The van der Waals surface area contributed by atoms with Crippen molar-refractivity contribution in [1.29, 1.82) is 0 Å². The van der Waals surface area contributed by atoms with Crippen LogP contribution in [0.3, 0.4) is 0 Å². The molecular formula is C9H17NO3. The van der Waals surface area contributed by atoms with Gasteiger partial charge in [-0.15, -0.1) is 0 Å². The van der Waals surface area contributed by atoms with Gasteiger partial charge in [-0.2, -0.15) is 0 Å². The molecule has 3 N–H and O–H groups in total. The summed E-state index contributed by atoms with van der Waals surface area (Å²) in [6.45, 7) is 2.01. The first-order valence-corrected chi connectivity index (χ1v) is 4.91. The lowest BCUT2D eigenvalue weighted by Crippen LogP contribution is -2.42. The summed E-state index contributed by atoms with van der Waals surface area (Å²) in [5.41, 5.74) is 0. The Labute approximate surface area is 77.8 Å². The van der Waals surface area contributed by atoms with Gasteiger partial charge in [0.05, 0.1) is 24.9 Å². The van der Waals surface area contributed by atoms with Crippen LogP contribution in [-0.4, -0.2) is 57.2 Å². The Balaban J connectivity index is 2.20. The van der Waals surface area contributed by atoms with Crippen molar-refractivity contribution in [2.75, 3.05) is 6.61 Å². The van der Waals surface area contributed by atoms with E-state index in [1.54, 1.807) is 0 Å². The fourth-order valence-corrected chi connectivity index (χ4v) is 2.79. The molecule has 4 heteroatoms. The molecule has 0 bridgehead atoms. The topological polar surface area (TPSA) is 63.9 Å². The number of rotatable bonds is 1. The van der Waals surface area contributed by atoms with Crippen molar-refractivity contribution in [3.05, 3.63) is 0 Å². The smallest absolute Gasteiger partial charge is 0.0991 e. The van der Waals surface area contributed by atoms with Gasteiger partial charge in [0.15, 0.2) is 0 Å². The van der Waals surface area contributed by atoms with Crippen LogP contribution in [0.4, 0.5) is 0 Å². The second-order valence-electron chi connectivity index (χ2n) is 4.17. The van der Waals surface area contributed by atoms with Crippen molar-refractivity contribution in [3.63, 3.8) is 0 Å². The Hall–Kier alpha value is -0.160. The van der Waals surface area contributed by atoms with E-state index < -0.39 is 12.2 Å². The summed E-state index contributed by atoms with van der Waals surface area (Å²) in [4.78, 5) is 2.06. The second-order valence-corrected chi connectivity index (χ2v) is 4.17. The third-order valence-corrected chi connectivity index (χ3v) is 3.48. The van der Waals surface area contributed by atoms with Crippen LogP contribution < -0.4 is 0 Å². The third kappa shape index (κ3) is 1.21. The molecule has 2 aliphatic heterocycles. The van der Waals surface area contributed by atoms with Crippen molar-refractivity contribution >= 4 is 0 Å². The number of aliphatic hydroxyl groups is 3. The fourth-order valence-electron chi connectivity index (χ4n) is 2.79. The van der Waals surface area contributed by atoms with E-state index in [4.69, 9.17) is 5.11 Å². The van der Waals surface area contributed by atoms with E-state index in [-0.39, 0.29) is 18.7 Å². The van der Waals surface area contributed by atoms with Crippen LogP contribution in [0.15, 0.2) is 0 Å². The zero-order valence-electron chi connectivity index (χ0n) is 7.80. The lowest BCUT2D eigenvalue weighted by Gasteiger charge is -2.27. The summed E-state index contributed by atoms with van der Waals surface area (Å²) >= 11 is 0. The molecule has 0 amide bonds. The average Bonchev–Trinajstić information content (AvgIpc) is 2.58. The normalized spacial score (nSPS) is 51.2. The molecule has 0 radical (unpaired) electrons. The molecular weight excluding hydrogens is 170 g/mol. The number of nitrogens with zero attached hydrogens (tertiary/aromatic N) is 1. The third-order valence-electron chi connectivity index (χ3n) is 3.48. The lowest BCUT2D eigenvalue weighted by molar-refractivity contribution is 0.0132. The van der Waals surface area contributed by atoms with Crippen molar-refractivity contribution < 1.29 is 15.3 Å². The van der Waals surface area contributed by atoms with Crippen LogP contribution in [0.25, 0.3) is 0 Å². The minimum Gasteiger partial charge on any atom is -0.395 e. The highest BCUT2D eigenvalue weighted by Gasteiger charge is 2.51. The molecule has 76 valence electrons. The summed E-state index contributed by atoms with van der Waals surface area (Å²) in [6, 6.07) is 0.161. The van der Waals surface area contributed by atoms with Gasteiger partial charge < -0.3 is 15.3 Å².